The average molecular weight is 446 g/mol. The van der Waals surface area contributed by atoms with Gasteiger partial charge in [-0.3, -0.25) is 0 Å². The number of rotatable bonds is 7. The van der Waals surface area contributed by atoms with Gasteiger partial charge in [0.05, 0.1) is 30.9 Å². The van der Waals surface area contributed by atoms with Gasteiger partial charge < -0.3 is 24.1 Å². The molecule has 1 N–H and O–H groups in total. The number of nitriles is 1. The molecule has 2 aliphatic rings. The van der Waals surface area contributed by atoms with Gasteiger partial charge in [-0.25, -0.2) is 0 Å². The summed E-state index contributed by atoms with van der Waals surface area (Å²) >= 11 is 0. The highest BCUT2D eigenvalue weighted by Gasteiger charge is 2.24. The van der Waals surface area contributed by atoms with E-state index in [0.29, 0.717) is 25.7 Å². The summed E-state index contributed by atoms with van der Waals surface area (Å²) in [5, 5.41) is 10.6. The second-order valence-corrected chi connectivity index (χ2v) is 8.98. The number of nitrogens with zero attached hydrogens (tertiary/aromatic N) is 2. The summed E-state index contributed by atoms with van der Waals surface area (Å²) in [6.07, 6.45) is 5.87. The number of benzene rings is 2. The predicted octanol–water partition coefficient (Wildman–Crippen LogP) is 5.26. The number of H-pyrrole nitrogens is 1. The van der Waals surface area contributed by atoms with Gasteiger partial charge in [0, 0.05) is 42.7 Å². The lowest BCUT2D eigenvalue weighted by molar-refractivity contribution is -0.0492. The molecule has 0 aliphatic carbocycles. The smallest absolute Gasteiger partial charge is 0.157 e. The van der Waals surface area contributed by atoms with Crippen LogP contribution in [0.5, 0.6) is 5.75 Å². The summed E-state index contributed by atoms with van der Waals surface area (Å²) in [6, 6.07) is 15.2. The molecule has 5 rings (SSSR count). The number of fused-ring (bicyclic) bond motifs is 1. The summed E-state index contributed by atoms with van der Waals surface area (Å²) in [5.74, 6) is 1.33. The fourth-order valence-electron chi connectivity index (χ4n) is 5.10. The van der Waals surface area contributed by atoms with E-state index in [-0.39, 0.29) is 6.29 Å². The number of hydrogen-bond acceptors (Lipinski definition) is 5. The second-order valence-electron chi connectivity index (χ2n) is 8.98. The third-order valence-corrected chi connectivity index (χ3v) is 6.80. The Morgan fingerprint density at radius 2 is 1.97 bits per heavy atom. The van der Waals surface area contributed by atoms with Gasteiger partial charge in [-0.2, -0.15) is 5.26 Å². The third kappa shape index (κ3) is 4.71. The average Bonchev–Trinajstić information content (AvgIpc) is 3.53. The van der Waals surface area contributed by atoms with Crippen molar-refractivity contribution < 1.29 is 14.2 Å². The molecular weight excluding hydrogens is 414 g/mol. The largest absolute Gasteiger partial charge is 0.494 e. The van der Waals surface area contributed by atoms with E-state index >= 15 is 0 Å². The van der Waals surface area contributed by atoms with E-state index in [0.717, 1.165) is 66.6 Å². The molecule has 2 saturated heterocycles. The lowest BCUT2D eigenvalue weighted by Crippen LogP contribution is -2.34. The van der Waals surface area contributed by atoms with Crippen LogP contribution in [-0.2, 0) is 9.47 Å². The van der Waals surface area contributed by atoms with E-state index in [4.69, 9.17) is 14.2 Å². The van der Waals surface area contributed by atoms with E-state index in [1.54, 1.807) is 0 Å². The lowest BCUT2D eigenvalue weighted by atomic mass is 9.88. The highest BCUT2D eigenvalue weighted by Crippen LogP contribution is 2.36. The van der Waals surface area contributed by atoms with E-state index in [1.165, 1.54) is 11.3 Å². The summed E-state index contributed by atoms with van der Waals surface area (Å²) in [7, 11) is 0. The maximum absolute atomic E-state index is 9.48. The van der Waals surface area contributed by atoms with Crippen LogP contribution in [0.25, 0.3) is 10.9 Å². The number of piperidine rings is 1. The van der Waals surface area contributed by atoms with Crippen molar-refractivity contribution in [2.24, 2.45) is 0 Å². The van der Waals surface area contributed by atoms with Crippen LogP contribution in [0.3, 0.4) is 0 Å². The van der Waals surface area contributed by atoms with Crippen LogP contribution >= 0.6 is 0 Å². The minimum atomic E-state index is -0.0599. The standard InChI is InChI=1S/C27H31N3O3/c1-19-6-11-24(27-26(19)21(16-28)17-29-27)20-4-2-12-30(18-20)22-7-9-23(10-8-22)31-13-3-5-25-32-14-15-33-25/h6-11,17,20,25,29H,2-5,12-15,18H2,1H3/t20-/m0/s1. The molecule has 1 aromatic heterocycles. The number of hydrogen-bond donors (Lipinski definition) is 1. The Labute approximate surface area is 195 Å². The molecule has 2 aromatic carbocycles. The Kier molecular flexibility index (Phi) is 6.52. The van der Waals surface area contributed by atoms with Crippen molar-refractivity contribution in [1.82, 2.24) is 4.98 Å². The topological polar surface area (TPSA) is 70.5 Å². The maximum atomic E-state index is 9.48. The van der Waals surface area contributed by atoms with E-state index in [1.807, 2.05) is 6.20 Å². The van der Waals surface area contributed by atoms with Gasteiger partial charge >= 0.3 is 0 Å². The highest BCUT2D eigenvalue weighted by molar-refractivity contribution is 5.91. The van der Waals surface area contributed by atoms with Gasteiger partial charge in [0.1, 0.15) is 11.8 Å². The van der Waals surface area contributed by atoms with Crippen molar-refractivity contribution in [2.75, 3.05) is 37.8 Å². The van der Waals surface area contributed by atoms with Crippen LogP contribution in [0.1, 0.15) is 48.3 Å². The van der Waals surface area contributed by atoms with Crippen molar-refractivity contribution >= 4 is 16.6 Å². The third-order valence-electron chi connectivity index (χ3n) is 6.80. The van der Waals surface area contributed by atoms with Crippen molar-refractivity contribution in [3.05, 3.63) is 59.3 Å². The molecule has 2 fully saturated rings. The van der Waals surface area contributed by atoms with Crippen LogP contribution in [0.4, 0.5) is 5.69 Å². The molecule has 3 aromatic rings. The molecule has 0 spiro atoms. The van der Waals surface area contributed by atoms with Crippen molar-refractivity contribution in [3.63, 3.8) is 0 Å². The van der Waals surface area contributed by atoms with Gasteiger partial charge in [-0.05, 0) is 61.6 Å². The normalized spacial score (nSPS) is 19.2. The Balaban J connectivity index is 1.22. The van der Waals surface area contributed by atoms with E-state index < -0.39 is 0 Å². The van der Waals surface area contributed by atoms with E-state index in [9.17, 15) is 5.26 Å². The number of aromatic nitrogens is 1. The molecule has 172 valence electrons. The van der Waals surface area contributed by atoms with Crippen LogP contribution in [0.2, 0.25) is 0 Å². The quantitative estimate of drug-likeness (QED) is 0.502. The van der Waals surface area contributed by atoms with Gasteiger partial charge in [0.25, 0.3) is 0 Å². The number of anilines is 1. The Morgan fingerprint density at radius 3 is 2.76 bits per heavy atom. The van der Waals surface area contributed by atoms with Crippen LogP contribution in [0.15, 0.2) is 42.6 Å². The van der Waals surface area contributed by atoms with Crippen LogP contribution in [0, 0.1) is 18.3 Å². The fraction of sp³-hybridized carbons (Fsp3) is 0.444. The molecule has 1 atom stereocenters. The molecule has 0 amide bonds. The summed E-state index contributed by atoms with van der Waals surface area (Å²) in [5.41, 5.74) is 5.55. The highest BCUT2D eigenvalue weighted by atomic mass is 16.7. The zero-order valence-electron chi connectivity index (χ0n) is 19.2. The molecule has 0 unspecified atom stereocenters. The molecule has 6 nitrogen and oxygen atoms in total. The molecule has 3 heterocycles. The molecule has 6 heteroatoms. The SMILES string of the molecule is Cc1ccc([C@H]2CCCN(c3ccc(OCCCC4OCCO4)cc3)C2)c2[nH]cc(C#N)c12. The lowest BCUT2D eigenvalue weighted by Gasteiger charge is -2.35. The first-order valence-electron chi connectivity index (χ1n) is 11.9. The van der Waals surface area contributed by atoms with Crippen molar-refractivity contribution in [3.8, 4) is 11.8 Å². The van der Waals surface area contributed by atoms with Crippen LogP contribution < -0.4 is 9.64 Å². The second kappa shape index (κ2) is 9.86. The minimum absolute atomic E-state index is 0.0599. The monoisotopic (exact) mass is 445 g/mol. The molecular formula is C27H31N3O3. The summed E-state index contributed by atoms with van der Waals surface area (Å²) < 4.78 is 16.8. The number of ether oxygens (including phenoxy) is 3. The van der Waals surface area contributed by atoms with Gasteiger partial charge in [0.2, 0.25) is 0 Å². The Bertz CT molecular complexity index is 1130. The molecule has 0 saturated carbocycles. The zero-order valence-corrected chi connectivity index (χ0v) is 19.2. The Morgan fingerprint density at radius 1 is 1.15 bits per heavy atom. The van der Waals surface area contributed by atoms with Gasteiger partial charge in [-0.15, -0.1) is 0 Å². The van der Waals surface area contributed by atoms with Gasteiger partial charge in [0.15, 0.2) is 6.29 Å². The van der Waals surface area contributed by atoms with Gasteiger partial charge in [-0.1, -0.05) is 12.1 Å². The van der Waals surface area contributed by atoms with Crippen molar-refractivity contribution in [2.45, 2.75) is 44.8 Å². The summed E-state index contributed by atoms with van der Waals surface area (Å²) in [4.78, 5) is 5.84. The zero-order chi connectivity index (χ0) is 22.6. The van der Waals surface area contributed by atoms with Crippen molar-refractivity contribution in [1.29, 1.82) is 5.26 Å². The Hall–Kier alpha value is -3.01. The molecule has 2 aliphatic heterocycles. The first-order valence-corrected chi connectivity index (χ1v) is 11.9. The first kappa shape index (κ1) is 21.8. The predicted molar refractivity (Wildman–Crippen MR) is 129 cm³/mol. The molecule has 33 heavy (non-hydrogen) atoms. The number of aryl methyl sites for hydroxylation is 1. The number of nitrogens with one attached hydrogen (secondary N) is 1. The molecule has 0 bridgehead atoms. The van der Waals surface area contributed by atoms with Crippen LogP contribution in [-0.4, -0.2) is 44.2 Å². The number of aromatic amines is 1. The minimum Gasteiger partial charge on any atom is -0.494 e. The summed E-state index contributed by atoms with van der Waals surface area (Å²) in [6.45, 7) is 6.17. The first-order chi connectivity index (χ1) is 16.2. The van der Waals surface area contributed by atoms with E-state index in [2.05, 4.69) is 59.3 Å². The molecule has 0 radical (unpaired) electrons. The fourth-order valence-corrected chi connectivity index (χ4v) is 5.10. The maximum Gasteiger partial charge on any atom is 0.157 e.